The molecule has 0 spiro atoms. The third-order valence-electron chi connectivity index (χ3n) is 1.42. The van der Waals surface area contributed by atoms with Crippen molar-refractivity contribution in [2.45, 2.75) is 12.2 Å². The standard InChI is InChI=1S/C5H11NO3/c7-3-9-5-2-6-1-4(5)8/h4-8H,1-3H2/t4-,5-/m0/s1. The van der Waals surface area contributed by atoms with Gasteiger partial charge in [0.1, 0.15) is 6.79 Å². The van der Waals surface area contributed by atoms with E-state index in [-0.39, 0.29) is 12.9 Å². The number of nitrogens with one attached hydrogen (secondary N) is 1. The molecular weight excluding hydrogens is 122 g/mol. The lowest BCUT2D eigenvalue weighted by molar-refractivity contribution is -0.0785. The molecule has 2 atom stereocenters. The number of aliphatic hydroxyl groups is 2. The molecule has 0 amide bonds. The molecule has 0 aromatic rings. The van der Waals surface area contributed by atoms with Crippen LogP contribution in [0.3, 0.4) is 0 Å². The van der Waals surface area contributed by atoms with Crippen molar-refractivity contribution < 1.29 is 14.9 Å². The van der Waals surface area contributed by atoms with Crippen molar-refractivity contribution in [1.82, 2.24) is 5.32 Å². The van der Waals surface area contributed by atoms with Crippen molar-refractivity contribution in [2.75, 3.05) is 19.9 Å². The quantitative estimate of drug-likeness (QED) is 0.392. The zero-order valence-corrected chi connectivity index (χ0v) is 5.08. The molecule has 1 saturated heterocycles. The smallest absolute Gasteiger partial charge is 0.144 e. The van der Waals surface area contributed by atoms with E-state index in [4.69, 9.17) is 14.9 Å². The molecule has 0 aromatic carbocycles. The number of ether oxygens (including phenoxy) is 1. The van der Waals surface area contributed by atoms with Crippen LogP contribution in [0.4, 0.5) is 0 Å². The van der Waals surface area contributed by atoms with Crippen LogP contribution in [0.5, 0.6) is 0 Å². The van der Waals surface area contributed by atoms with Crippen LogP contribution in [0.2, 0.25) is 0 Å². The molecule has 1 aliphatic rings. The summed E-state index contributed by atoms with van der Waals surface area (Å²) in [6, 6.07) is 0. The van der Waals surface area contributed by atoms with E-state index in [0.717, 1.165) is 0 Å². The molecule has 1 rings (SSSR count). The van der Waals surface area contributed by atoms with E-state index in [2.05, 4.69) is 5.32 Å². The highest BCUT2D eigenvalue weighted by molar-refractivity contribution is 4.80. The van der Waals surface area contributed by atoms with E-state index < -0.39 is 6.10 Å². The monoisotopic (exact) mass is 133 g/mol. The molecule has 0 aromatic heterocycles. The molecule has 3 N–H and O–H groups in total. The second kappa shape index (κ2) is 3.12. The maximum atomic E-state index is 9.02. The maximum Gasteiger partial charge on any atom is 0.144 e. The minimum atomic E-state index is -0.461. The van der Waals surface area contributed by atoms with Crippen molar-refractivity contribution >= 4 is 0 Å². The van der Waals surface area contributed by atoms with Crippen LogP contribution in [-0.4, -0.2) is 42.3 Å². The summed E-state index contributed by atoms with van der Waals surface area (Å²) in [5.41, 5.74) is 0. The molecule has 54 valence electrons. The molecule has 1 fully saturated rings. The van der Waals surface area contributed by atoms with Crippen molar-refractivity contribution in [1.29, 1.82) is 0 Å². The Balaban J connectivity index is 2.22. The van der Waals surface area contributed by atoms with Gasteiger partial charge in [-0.25, -0.2) is 0 Å². The molecular formula is C5H11NO3. The first-order valence-electron chi connectivity index (χ1n) is 2.96. The molecule has 1 aliphatic heterocycles. The zero-order chi connectivity index (χ0) is 6.69. The van der Waals surface area contributed by atoms with Crippen LogP contribution < -0.4 is 5.32 Å². The molecule has 1 heterocycles. The Morgan fingerprint density at radius 2 is 2.33 bits per heavy atom. The number of β-amino-alcohol motifs (C(OH)–C–C–N with tert-alkyl or cyclic N) is 1. The Labute approximate surface area is 53.4 Å². The summed E-state index contributed by atoms with van der Waals surface area (Å²) in [4.78, 5) is 0. The van der Waals surface area contributed by atoms with Crippen LogP contribution in [-0.2, 0) is 4.74 Å². The normalized spacial score (nSPS) is 35.3. The van der Waals surface area contributed by atoms with Crippen molar-refractivity contribution in [2.24, 2.45) is 0 Å². The number of rotatable bonds is 2. The number of hydrogen-bond acceptors (Lipinski definition) is 4. The van der Waals surface area contributed by atoms with E-state index in [0.29, 0.717) is 13.1 Å². The Bertz CT molecular complexity index is 88.3. The molecule has 0 saturated carbocycles. The van der Waals surface area contributed by atoms with Gasteiger partial charge in [-0.05, 0) is 0 Å². The molecule has 4 nitrogen and oxygen atoms in total. The van der Waals surface area contributed by atoms with Gasteiger partial charge in [0.2, 0.25) is 0 Å². The van der Waals surface area contributed by atoms with Gasteiger partial charge < -0.3 is 20.3 Å². The summed E-state index contributed by atoms with van der Waals surface area (Å²) in [6.45, 7) is 0.871. The summed E-state index contributed by atoms with van der Waals surface area (Å²) < 4.78 is 4.76. The van der Waals surface area contributed by atoms with Gasteiger partial charge in [0.15, 0.2) is 0 Å². The van der Waals surface area contributed by atoms with Gasteiger partial charge in [0.05, 0.1) is 12.2 Å². The van der Waals surface area contributed by atoms with Crippen LogP contribution >= 0.6 is 0 Å². The predicted octanol–water partition coefficient (Wildman–Crippen LogP) is -1.71. The summed E-state index contributed by atoms with van der Waals surface area (Å²) in [5.74, 6) is 0. The average Bonchev–Trinajstić information content (AvgIpc) is 2.18. The Morgan fingerprint density at radius 1 is 1.56 bits per heavy atom. The van der Waals surface area contributed by atoms with Gasteiger partial charge in [-0.15, -0.1) is 0 Å². The van der Waals surface area contributed by atoms with E-state index in [1.54, 1.807) is 0 Å². The van der Waals surface area contributed by atoms with Gasteiger partial charge in [-0.2, -0.15) is 0 Å². The fourth-order valence-corrected chi connectivity index (χ4v) is 0.907. The second-order valence-electron chi connectivity index (χ2n) is 2.06. The molecule has 0 bridgehead atoms. The van der Waals surface area contributed by atoms with E-state index in [1.807, 2.05) is 0 Å². The third kappa shape index (κ3) is 1.62. The van der Waals surface area contributed by atoms with Crippen LogP contribution in [0, 0.1) is 0 Å². The third-order valence-corrected chi connectivity index (χ3v) is 1.42. The molecule has 0 aliphatic carbocycles. The Morgan fingerprint density at radius 3 is 2.78 bits per heavy atom. The van der Waals surface area contributed by atoms with Crippen molar-refractivity contribution in [3.8, 4) is 0 Å². The Hall–Kier alpha value is -0.160. The number of hydrogen-bond donors (Lipinski definition) is 3. The minimum Gasteiger partial charge on any atom is -0.389 e. The molecule has 0 unspecified atom stereocenters. The fourth-order valence-electron chi connectivity index (χ4n) is 0.907. The first-order chi connectivity index (χ1) is 4.34. The van der Waals surface area contributed by atoms with Crippen LogP contribution in [0.25, 0.3) is 0 Å². The van der Waals surface area contributed by atoms with E-state index >= 15 is 0 Å². The largest absolute Gasteiger partial charge is 0.389 e. The molecule has 4 heteroatoms. The van der Waals surface area contributed by atoms with Crippen LogP contribution in [0.1, 0.15) is 0 Å². The van der Waals surface area contributed by atoms with E-state index in [9.17, 15) is 0 Å². The lowest BCUT2D eigenvalue weighted by Crippen LogP contribution is -2.27. The van der Waals surface area contributed by atoms with Gasteiger partial charge >= 0.3 is 0 Å². The first kappa shape index (κ1) is 6.95. The van der Waals surface area contributed by atoms with E-state index in [1.165, 1.54) is 0 Å². The van der Waals surface area contributed by atoms with Gasteiger partial charge in [-0.3, -0.25) is 0 Å². The maximum absolute atomic E-state index is 9.02. The van der Waals surface area contributed by atoms with Gasteiger partial charge in [0.25, 0.3) is 0 Å². The molecule has 9 heavy (non-hydrogen) atoms. The summed E-state index contributed by atoms with van der Waals surface area (Å²) >= 11 is 0. The average molecular weight is 133 g/mol. The minimum absolute atomic E-state index is 0.227. The fraction of sp³-hybridized carbons (Fsp3) is 1.00. The second-order valence-corrected chi connectivity index (χ2v) is 2.06. The lowest BCUT2D eigenvalue weighted by atomic mass is 10.3. The predicted molar refractivity (Wildman–Crippen MR) is 30.8 cm³/mol. The van der Waals surface area contributed by atoms with Gasteiger partial charge in [0, 0.05) is 13.1 Å². The highest BCUT2D eigenvalue weighted by Crippen LogP contribution is 2.02. The van der Waals surface area contributed by atoms with Crippen molar-refractivity contribution in [3.63, 3.8) is 0 Å². The summed E-state index contributed by atoms with van der Waals surface area (Å²) in [6.07, 6.45) is -0.688. The highest BCUT2D eigenvalue weighted by atomic mass is 16.6. The van der Waals surface area contributed by atoms with Crippen molar-refractivity contribution in [3.05, 3.63) is 0 Å². The molecule has 0 radical (unpaired) electrons. The Kier molecular flexibility index (Phi) is 2.41. The first-order valence-corrected chi connectivity index (χ1v) is 2.96. The lowest BCUT2D eigenvalue weighted by Gasteiger charge is -2.11. The SMILES string of the molecule is OCO[C@H]1CNC[C@@H]1O. The van der Waals surface area contributed by atoms with Gasteiger partial charge in [-0.1, -0.05) is 0 Å². The zero-order valence-electron chi connectivity index (χ0n) is 5.08. The highest BCUT2D eigenvalue weighted by Gasteiger charge is 2.24. The number of aliphatic hydroxyl groups excluding tert-OH is 2. The van der Waals surface area contributed by atoms with Crippen LogP contribution in [0.15, 0.2) is 0 Å². The summed E-state index contributed by atoms with van der Waals surface area (Å²) in [7, 11) is 0. The topological polar surface area (TPSA) is 61.7 Å². The summed E-state index contributed by atoms with van der Waals surface area (Å²) in [5, 5.41) is 20.2.